The average molecular weight is 291 g/mol. The monoisotopic (exact) mass is 291 g/mol. The Balaban J connectivity index is 1.86. The van der Waals surface area contributed by atoms with Gasteiger partial charge in [-0.25, -0.2) is 4.99 Å². The highest BCUT2D eigenvalue weighted by molar-refractivity contribution is 5.79. The van der Waals surface area contributed by atoms with E-state index in [2.05, 4.69) is 57.4 Å². The second-order valence-corrected chi connectivity index (χ2v) is 5.69. The molecule has 1 fully saturated rings. The summed E-state index contributed by atoms with van der Waals surface area (Å²) in [7, 11) is 2.04. The summed E-state index contributed by atoms with van der Waals surface area (Å²) in [6.45, 7) is 9.32. The Kier molecular flexibility index (Phi) is 6.11. The number of hydrogen-bond donors (Lipinski definition) is 2. The first-order chi connectivity index (χ1) is 10.2. The van der Waals surface area contributed by atoms with E-state index in [1.165, 1.54) is 24.9 Å². The zero-order valence-corrected chi connectivity index (χ0v) is 13.6. The third-order valence-electron chi connectivity index (χ3n) is 4.07. The summed E-state index contributed by atoms with van der Waals surface area (Å²) in [5, 5.41) is 6.82. The fourth-order valence-corrected chi connectivity index (χ4v) is 2.92. The van der Waals surface area contributed by atoms with Crippen LogP contribution in [0.25, 0.3) is 0 Å². The summed E-state index contributed by atoms with van der Waals surface area (Å²) < 4.78 is 2.06. The molecule has 2 N–H and O–H groups in total. The molecular weight excluding hydrogens is 262 g/mol. The standard InChI is InChI=1S/C16H29N5/c1-4-17-16(18-11-14-8-10-20(3)13-14)19-12-15-7-6-9-21(15)5-2/h8,10,13,15H,4-7,9,11-12H2,1-3H3,(H2,17,18,19). The van der Waals surface area contributed by atoms with Crippen LogP contribution in [0.3, 0.4) is 0 Å². The van der Waals surface area contributed by atoms with Gasteiger partial charge in [-0.1, -0.05) is 6.92 Å². The number of likely N-dealkylation sites (tertiary alicyclic amines) is 1. The van der Waals surface area contributed by atoms with Gasteiger partial charge >= 0.3 is 0 Å². The Morgan fingerprint density at radius 2 is 2.24 bits per heavy atom. The zero-order chi connectivity index (χ0) is 15.1. The predicted molar refractivity (Wildman–Crippen MR) is 88.5 cm³/mol. The Hall–Kier alpha value is -1.49. The van der Waals surface area contributed by atoms with E-state index in [4.69, 9.17) is 0 Å². The van der Waals surface area contributed by atoms with Gasteiger partial charge in [-0.3, -0.25) is 4.90 Å². The Morgan fingerprint density at radius 1 is 1.38 bits per heavy atom. The number of aromatic nitrogens is 1. The molecule has 2 rings (SSSR count). The lowest BCUT2D eigenvalue weighted by molar-refractivity contribution is 0.267. The van der Waals surface area contributed by atoms with Crippen LogP contribution in [0.1, 0.15) is 32.3 Å². The Bertz CT molecular complexity index is 451. The van der Waals surface area contributed by atoms with Gasteiger partial charge in [0.1, 0.15) is 0 Å². The molecule has 1 aliphatic rings. The molecule has 0 radical (unpaired) electrons. The van der Waals surface area contributed by atoms with Crippen molar-refractivity contribution >= 4 is 5.96 Å². The summed E-state index contributed by atoms with van der Waals surface area (Å²) >= 11 is 0. The van der Waals surface area contributed by atoms with Gasteiger partial charge in [0.2, 0.25) is 0 Å². The number of rotatable bonds is 6. The summed E-state index contributed by atoms with van der Waals surface area (Å²) in [4.78, 5) is 7.22. The fraction of sp³-hybridized carbons (Fsp3) is 0.688. The number of nitrogens with zero attached hydrogens (tertiary/aromatic N) is 3. The molecule has 0 amide bonds. The lowest BCUT2D eigenvalue weighted by Gasteiger charge is -2.23. The maximum atomic E-state index is 4.67. The molecule has 1 aromatic heterocycles. The van der Waals surface area contributed by atoms with Crippen LogP contribution in [0.15, 0.2) is 23.5 Å². The highest BCUT2D eigenvalue weighted by Crippen LogP contribution is 2.15. The highest BCUT2D eigenvalue weighted by atomic mass is 15.2. The van der Waals surface area contributed by atoms with Crippen molar-refractivity contribution in [3.8, 4) is 0 Å². The van der Waals surface area contributed by atoms with E-state index in [1.807, 2.05) is 7.05 Å². The fourth-order valence-electron chi connectivity index (χ4n) is 2.92. The summed E-state index contributed by atoms with van der Waals surface area (Å²) in [5.74, 6) is 0.921. The van der Waals surface area contributed by atoms with Gasteiger partial charge in [-0.15, -0.1) is 0 Å². The minimum atomic E-state index is 0.649. The lowest BCUT2D eigenvalue weighted by atomic mass is 10.2. The molecule has 5 heteroatoms. The van der Waals surface area contributed by atoms with E-state index in [0.29, 0.717) is 6.04 Å². The molecule has 0 spiro atoms. The number of aliphatic imine (C=N–C) groups is 1. The molecule has 1 aliphatic heterocycles. The molecule has 1 unspecified atom stereocenters. The first-order valence-electron chi connectivity index (χ1n) is 8.10. The smallest absolute Gasteiger partial charge is 0.191 e. The van der Waals surface area contributed by atoms with Gasteiger partial charge in [-0.05, 0) is 44.5 Å². The summed E-state index contributed by atoms with van der Waals surface area (Å²) in [5.41, 5.74) is 1.24. The van der Waals surface area contributed by atoms with E-state index in [1.54, 1.807) is 0 Å². The van der Waals surface area contributed by atoms with Gasteiger partial charge < -0.3 is 15.2 Å². The van der Waals surface area contributed by atoms with E-state index < -0.39 is 0 Å². The first-order valence-corrected chi connectivity index (χ1v) is 8.10. The third kappa shape index (κ3) is 4.77. The molecule has 21 heavy (non-hydrogen) atoms. The van der Waals surface area contributed by atoms with Crippen LogP contribution >= 0.6 is 0 Å². The molecule has 1 saturated heterocycles. The Labute approximate surface area is 128 Å². The van der Waals surface area contributed by atoms with Crippen LogP contribution in [-0.2, 0) is 13.6 Å². The van der Waals surface area contributed by atoms with Crippen LogP contribution < -0.4 is 10.6 Å². The van der Waals surface area contributed by atoms with E-state index in [-0.39, 0.29) is 0 Å². The lowest BCUT2D eigenvalue weighted by Crippen LogP contribution is -2.44. The first kappa shape index (κ1) is 15.9. The van der Waals surface area contributed by atoms with Gasteiger partial charge in [0.15, 0.2) is 5.96 Å². The summed E-state index contributed by atoms with van der Waals surface area (Å²) in [6, 6.07) is 2.76. The average Bonchev–Trinajstić information content (AvgIpc) is 3.10. The second kappa shape index (κ2) is 8.08. The second-order valence-electron chi connectivity index (χ2n) is 5.69. The molecule has 1 atom stereocenters. The molecule has 5 nitrogen and oxygen atoms in total. The SMILES string of the molecule is CCNC(=NCc1ccn(C)c1)NCC1CCCN1CC. The minimum Gasteiger partial charge on any atom is -0.357 e. The highest BCUT2D eigenvalue weighted by Gasteiger charge is 2.22. The van der Waals surface area contributed by atoms with Crippen molar-refractivity contribution in [3.05, 3.63) is 24.0 Å². The van der Waals surface area contributed by atoms with Crippen LogP contribution in [0.4, 0.5) is 0 Å². The third-order valence-corrected chi connectivity index (χ3v) is 4.07. The zero-order valence-electron chi connectivity index (χ0n) is 13.6. The largest absolute Gasteiger partial charge is 0.357 e. The van der Waals surface area contributed by atoms with Crippen molar-refractivity contribution in [3.63, 3.8) is 0 Å². The molecule has 2 heterocycles. The number of aryl methyl sites for hydroxylation is 1. The van der Waals surface area contributed by atoms with Crippen molar-refractivity contribution in [2.75, 3.05) is 26.2 Å². The van der Waals surface area contributed by atoms with Crippen molar-refractivity contribution in [2.45, 2.75) is 39.3 Å². The number of guanidine groups is 1. The Morgan fingerprint density at radius 3 is 2.90 bits per heavy atom. The van der Waals surface area contributed by atoms with E-state index >= 15 is 0 Å². The molecular formula is C16H29N5. The molecule has 1 aromatic rings. The maximum absolute atomic E-state index is 4.67. The normalized spacial score (nSPS) is 20.0. The van der Waals surface area contributed by atoms with Gasteiger partial charge in [0, 0.05) is 38.6 Å². The molecule has 0 saturated carbocycles. The van der Waals surface area contributed by atoms with Crippen molar-refractivity contribution < 1.29 is 0 Å². The number of likely N-dealkylation sites (N-methyl/N-ethyl adjacent to an activating group) is 1. The number of hydrogen-bond acceptors (Lipinski definition) is 2. The minimum absolute atomic E-state index is 0.649. The van der Waals surface area contributed by atoms with Gasteiger partial charge in [0.05, 0.1) is 6.54 Å². The molecule has 0 aromatic carbocycles. The molecule has 118 valence electrons. The maximum Gasteiger partial charge on any atom is 0.191 e. The van der Waals surface area contributed by atoms with Gasteiger partial charge in [-0.2, -0.15) is 0 Å². The molecule has 0 aliphatic carbocycles. The van der Waals surface area contributed by atoms with Crippen LogP contribution in [-0.4, -0.2) is 47.6 Å². The molecule has 0 bridgehead atoms. The van der Waals surface area contributed by atoms with Crippen LogP contribution in [0, 0.1) is 0 Å². The van der Waals surface area contributed by atoms with Crippen molar-refractivity contribution in [1.82, 2.24) is 20.1 Å². The predicted octanol–water partition coefficient (Wildman–Crippen LogP) is 1.56. The number of nitrogens with one attached hydrogen (secondary N) is 2. The quantitative estimate of drug-likeness (QED) is 0.618. The van der Waals surface area contributed by atoms with Crippen LogP contribution in [0.5, 0.6) is 0 Å². The van der Waals surface area contributed by atoms with Gasteiger partial charge in [0.25, 0.3) is 0 Å². The van der Waals surface area contributed by atoms with E-state index in [9.17, 15) is 0 Å². The van der Waals surface area contributed by atoms with Crippen molar-refractivity contribution in [1.29, 1.82) is 0 Å². The van der Waals surface area contributed by atoms with Crippen molar-refractivity contribution in [2.24, 2.45) is 12.0 Å². The topological polar surface area (TPSA) is 44.6 Å². The van der Waals surface area contributed by atoms with Crippen LogP contribution in [0.2, 0.25) is 0 Å². The van der Waals surface area contributed by atoms with E-state index in [0.717, 1.165) is 32.1 Å². The summed E-state index contributed by atoms with van der Waals surface area (Å²) in [6.07, 6.45) is 6.78.